The maximum absolute atomic E-state index is 13.5. The van der Waals surface area contributed by atoms with Crippen LogP contribution in [0.1, 0.15) is 11.1 Å². The molecule has 2 N–H and O–H groups in total. The molecule has 0 aliphatic carbocycles. The van der Waals surface area contributed by atoms with Crippen molar-refractivity contribution in [2.75, 3.05) is 5.32 Å². The molecule has 0 spiro atoms. The molecule has 0 unspecified atom stereocenters. The third kappa shape index (κ3) is 3.71. The van der Waals surface area contributed by atoms with Gasteiger partial charge in [0.15, 0.2) is 0 Å². The van der Waals surface area contributed by atoms with Gasteiger partial charge in [0.25, 0.3) is 0 Å². The Hall–Kier alpha value is -2.07. The summed E-state index contributed by atoms with van der Waals surface area (Å²) in [4.78, 5) is 10.6. The zero-order valence-corrected chi connectivity index (χ0v) is 11.3. The van der Waals surface area contributed by atoms with Crippen molar-refractivity contribution in [3.05, 3.63) is 64.4 Å². The van der Waals surface area contributed by atoms with Crippen LogP contribution in [0, 0.1) is 5.82 Å². The Bertz CT molecular complexity index is 594. The molecule has 2 rings (SSSR count). The van der Waals surface area contributed by atoms with Crippen molar-refractivity contribution in [2.45, 2.75) is 13.0 Å². The van der Waals surface area contributed by atoms with Gasteiger partial charge in [0.05, 0.1) is 17.1 Å². The van der Waals surface area contributed by atoms with Gasteiger partial charge < -0.3 is 10.4 Å². The molecule has 3 nitrogen and oxygen atoms in total. The molecule has 2 aromatic rings. The van der Waals surface area contributed by atoms with Gasteiger partial charge in [0, 0.05) is 6.54 Å². The monoisotopic (exact) mass is 293 g/mol. The minimum atomic E-state index is -0.867. The van der Waals surface area contributed by atoms with E-state index >= 15 is 0 Å². The van der Waals surface area contributed by atoms with E-state index in [1.54, 1.807) is 36.4 Å². The first kappa shape index (κ1) is 14.3. The molecule has 0 bridgehead atoms. The van der Waals surface area contributed by atoms with Crippen molar-refractivity contribution in [3.8, 4) is 0 Å². The first-order valence-electron chi connectivity index (χ1n) is 6.04. The number of halogens is 2. The Labute approximate surface area is 121 Å². The summed E-state index contributed by atoms with van der Waals surface area (Å²) >= 11 is 5.91. The first-order valence-corrected chi connectivity index (χ1v) is 6.41. The number of rotatable bonds is 5. The standard InChI is InChI=1S/C15H13ClFNO2/c16-12-2-1-3-13(17)15(12)18-9-11-6-4-10(5-7-11)8-14(19)20/h1-7,18H,8-9H2,(H,19,20). The molecule has 0 atom stereocenters. The number of carboxylic acids is 1. The lowest BCUT2D eigenvalue weighted by molar-refractivity contribution is -0.136. The maximum atomic E-state index is 13.5. The summed E-state index contributed by atoms with van der Waals surface area (Å²) in [5, 5.41) is 11.9. The van der Waals surface area contributed by atoms with Crippen LogP contribution < -0.4 is 5.32 Å². The van der Waals surface area contributed by atoms with Crippen molar-refractivity contribution >= 4 is 23.3 Å². The van der Waals surface area contributed by atoms with E-state index in [1.165, 1.54) is 6.07 Å². The van der Waals surface area contributed by atoms with E-state index in [-0.39, 0.29) is 12.1 Å². The normalized spacial score (nSPS) is 10.3. The van der Waals surface area contributed by atoms with Gasteiger partial charge in [0.2, 0.25) is 0 Å². The number of para-hydroxylation sites is 1. The smallest absolute Gasteiger partial charge is 0.307 e. The predicted octanol–water partition coefficient (Wildman–Crippen LogP) is 3.72. The van der Waals surface area contributed by atoms with Crippen LogP contribution in [0.4, 0.5) is 10.1 Å². The molecule has 0 saturated heterocycles. The number of aliphatic carboxylic acids is 1. The molecule has 0 aliphatic rings. The van der Waals surface area contributed by atoms with E-state index in [0.717, 1.165) is 11.1 Å². The second-order valence-electron chi connectivity index (χ2n) is 4.34. The predicted molar refractivity (Wildman–Crippen MR) is 76.5 cm³/mol. The van der Waals surface area contributed by atoms with Crippen LogP contribution in [-0.4, -0.2) is 11.1 Å². The van der Waals surface area contributed by atoms with Gasteiger partial charge in [-0.3, -0.25) is 4.79 Å². The second kappa shape index (κ2) is 6.39. The summed E-state index contributed by atoms with van der Waals surface area (Å²) < 4.78 is 13.5. The van der Waals surface area contributed by atoms with Gasteiger partial charge in [-0.05, 0) is 23.3 Å². The average Bonchev–Trinajstić information content (AvgIpc) is 2.39. The van der Waals surface area contributed by atoms with Crippen LogP contribution in [-0.2, 0) is 17.8 Å². The van der Waals surface area contributed by atoms with Gasteiger partial charge >= 0.3 is 5.97 Å². The summed E-state index contributed by atoms with van der Waals surface area (Å²) in [7, 11) is 0. The molecule has 0 heterocycles. The summed E-state index contributed by atoms with van der Waals surface area (Å²) in [6.07, 6.45) is -0.00709. The highest BCUT2D eigenvalue weighted by Crippen LogP contribution is 2.25. The number of benzene rings is 2. The lowest BCUT2D eigenvalue weighted by Gasteiger charge is -2.09. The summed E-state index contributed by atoms with van der Waals surface area (Å²) in [5.74, 6) is -1.27. The van der Waals surface area contributed by atoms with Gasteiger partial charge in [-0.25, -0.2) is 4.39 Å². The Kier molecular flexibility index (Phi) is 4.58. The highest BCUT2D eigenvalue weighted by Gasteiger charge is 2.06. The van der Waals surface area contributed by atoms with Crippen LogP contribution in [0.25, 0.3) is 0 Å². The van der Waals surface area contributed by atoms with Crippen molar-refractivity contribution in [2.24, 2.45) is 0 Å². The molecule has 0 aliphatic heterocycles. The Morgan fingerprint density at radius 2 is 1.80 bits per heavy atom. The maximum Gasteiger partial charge on any atom is 0.307 e. The molecule has 2 aromatic carbocycles. The Morgan fingerprint density at radius 3 is 2.40 bits per heavy atom. The molecule has 20 heavy (non-hydrogen) atoms. The van der Waals surface area contributed by atoms with E-state index < -0.39 is 11.8 Å². The zero-order valence-electron chi connectivity index (χ0n) is 10.6. The van der Waals surface area contributed by atoms with Crippen molar-refractivity contribution in [1.29, 1.82) is 0 Å². The Balaban J connectivity index is 2.02. The fourth-order valence-corrected chi connectivity index (χ4v) is 2.04. The average molecular weight is 294 g/mol. The van der Waals surface area contributed by atoms with Gasteiger partial charge in [-0.15, -0.1) is 0 Å². The highest BCUT2D eigenvalue weighted by molar-refractivity contribution is 6.33. The van der Waals surface area contributed by atoms with E-state index in [1.807, 2.05) is 0 Å². The third-order valence-electron chi connectivity index (χ3n) is 2.81. The molecule has 0 radical (unpaired) electrons. The number of carbonyl (C=O) groups is 1. The fourth-order valence-electron chi connectivity index (χ4n) is 1.81. The molecule has 0 amide bonds. The van der Waals surface area contributed by atoms with Crippen molar-refractivity contribution < 1.29 is 14.3 Å². The van der Waals surface area contributed by atoms with Crippen molar-refractivity contribution in [1.82, 2.24) is 0 Å². The van der Waals surface area contributed by atoms with Crippen LogP contribution >= 0.6 is 11.6 Å². The van der Waals surface area contributed by atoms with Crippen molar-refractivity contribution in [3.63, 3.8) is 0 Å². The molecule has 5 heteroatoms. The molecular weight excluding hydrogens is 281 g/mol. The SMILES string of the molecule is O=C(O)Cc1ccc(CNc2c(F)cccc2Cl)cc1. The minimum Gasteiger partial charge on any atom is -0.481 e. The van der Waals surface area contributed by atoms with Crippen LogP contribution in [0.3, 0.4) is 0 Å². The highest BCUT2D eigenvalue weighted by atomic mass is 35.5. The fraction of sp³-hybridized carbons (Fsp3) is 0.133. The van der Waals surface area contributed by atoms with E-state index in [4.69, 9.17) is 16.7 Å². The third-order valence-corrected chi connectivity index (χ3v) is 3.13. The zero-order chi connectivity index (χ0) is 14.5. The molecule has 0 fully saturated rings. The van der Waals surface area contributed by atoms with Crippen LogP contribution in [0.2, 0.25) is 5.02 Å². The summed E-state index contributed by atoms with van der Waals surface area (Å²) in [5.41, 5.74) is 1.91. The molecule has 0 saturated carbocycles. The minimum absolute atomic E-state index is 0.00709. The second-order valence-corrected chi connectivity index (χ2v) is 4.74. The first-order chi connectivity index (χ1) is 9.56. The number of carboxylic acid groups (broad SMARTS) is 1. The number of nitrogens with one attached hydrogen (secondary N) is 1. The van der Waals surface area contributed by atoms with Gasteiger partial charge in [-0.2, -0.15) is 0 Å². The molecule has 104 valence electrons. The summed E-state index contributed by atoms with van der Waals surface area (Å²) in [6, 6.07) is 11.6. The lowest BCUT2D eigenvalue weighted by Crippen LogP contribution is -2.03. The van der Waals surface area contributed by atoms with E-state index in [2.05, 4.69) is 5.32 Å². The number of hydrogen-bond donors (Lipinski definition) is 2. The number of hydrogen-bond acceptors (Lipinski definition) is 2. The van der Waals surface area contributed by atoms with E-state index in [9.17, 15) is 9.18 Å². The van der Waals surface area contributed by atoms with E-state index in [0.29, 0.717) is 11.6 Å². The largest absolute Gasteiger partial charge is 0.481 e. The molecule has 0 aromatic heterocycles. The lowest BCUT2D eigenvalue weighted by atomic mass is 10.1. The topological polar surface area (TPSA) is 49.3 Å². The van der Waals surface area contributed by atoms with Crippen LogP contribution in [0.5, 0.6) is 0 Å². The van der Waals surface area contributed by atoms with Gasteiger partial charge in [-0.1, -0.05) is 41.9 Å². The van der Waals surface area contributed by atoms with Crippen LogP contribution in [0.15, 0.2) is 42.5 Å². The summed E-state index contributed by atoms with van der Waals surface area (Å²) in [6.45, 7) is 0.411. The quantitative estimate of drug-likeness (QED) is 0.883. The Morgan fingerprint density at radius 1 is 1.15 bits per heavy atom. The number of anilines is 1. The molecular formula is C15H13ClFNO2. The van der Waals surface area contributed by atoms with Gasteiger partial charge in [0.1, 0.15) is 5.82 Å².